The summed E-state index contributed by atoms with van der Waals surface area (Å²) in [6.45, 7) is 5.27. The maximum atomic E-state index is 11.8. The van der Waals surface area contributed by atoms with E-state index in [1.165, 1.54) is 0 Å². The number of carbonyl (C=O) groups excluding carboxylic acids is 1. The molecule has 102 valence electrons. The van der Waals surface area contributed by atoms with E-state index in [0.717, 1.165) is 0 Å². The van der Waals surface area contributed by atoms with E-state index in [0.29, 0.717) is 12.8 Å². The minimum atomic E-state index is -4.02. The van der Waals surface area contributed by atoms with Crippen molar-refractivity contribution in [2.45, 2.75) is 38.5 Å². The highest BCUT2D eigenvalue weighted by molar-refractivity contribution is 7.89. The van der Waals surface area contributed by atoms with Crippen LogP contribution in [0.15, 0.2) is 9.31 Å². The summed E-state index contributed by atoms with van der Waals surface area (Å²) >= 11 is 0. The second-order valence-corrected chi connectivity index (χ2v) is 5.12. The molecule has 1 aromatic rings. The molecule has 0 aromatic carbocycles. The van der Waals surface area contributed by atoms with Gasteiger partial charge in [0.2, 0.25) is 10.0 Å². The molecule has 0 bridgehead atoms. The largest absolute Gasteiger partial charge is 0.464 e. The van der Waals surface area contributed by atoms with Crippen molar-refractivity contribution in [3.05, 3.63) is 17.1 Å². The van der Waals surface area contributed by atoms with Crippen molar-refractivity contribution in [2.75, 3.05) is 6.61 Å². The lowest BCUT2D eigenvalue weighted by Crippen LogP contribution is -2.18. The normalized spacial score (nSPS) is 11.6. The number of sulfonamides is 1. The molecule has 0 saturated heterocycles. The fourth-order valence-electron chi connectivity index (χ4n) is 1.70. The first-order chi connectivity index (χ1) is 8.36. The third-order valence-corrected chi connectivity index (χ3v) is 3.41. The van der Waals surface area contributed by atoms with Gasteiger partial charge in [-0.05, 0) is 6.92 Å². The summed E-state index contributed by atoms with van der Waals surface area (Å²) in [6.07, 6.45) is 0.717. The Hall–Kier alpha value is -1.34. The fourth-order valence-corrected chi connectivity index (χ4v) is 2.69. The van der Waals surface area contributed by atoms with Crippen molar-refractivity contribution < 1.29 is 22.4 Å². The number of rotatable bonds is 5. The van der Waals surface area contributed by atoms with Crippen molar-refractivity contribution in [3.8, 4) is 0 Å². The van der Waals surface area contributed by atoms with E-state index >= 15 is 0 Å². The Labute approximate surface area is 106 Å². The molecule has 1 aromatic heterocycles. The van der Waals surface area contributed by atoms with E-state index in [-0.39, 0.29) is 28.6 Å². The van der Waals surface area contributed by atoms with Crippen LogP contribution in [-0.4, -0.2) is 21.0 Å². The SMILES string of the molecule is CCOC(=O)c1c(CC)oc(CC)c1S(N)(=O)=O. The summed E-state index contributed by atoms with van der Waals surface area (Å²) in [5.41, 5.74) is -0.0706. The first-order valence-electron chi connectivity index (χ1n) is 5.71. The summed E-state index contributed by atoms with van der Waals surface area (Å²) in [4.78, 5) is 11.6. The van der Waals surface area contributed by atoms with Crippen molar-refractivity contribution in [3.63, 3.8) is 0 Å². The Morgan fingerprint density at radius 2 is 1.78 bits per heavy atom. The highest BCUT2D eigenvalue weighted by Gasteiger charge is 2.31. The van der Waals surface area contributed by atoms with Gasteiger partial charge in [0.25, 0.3) is 0 Å². The molecule has 1 rings (SSSR count). The zero-order valence-corrected chi connectivity index (χ0v) is 11.5. The van der Waals surface area contributed by atoms with Gasteiger partial charge in [-0.15, -0.1) is 0 Å². The van der Waals surface area contributed by atoms with Crippen molar-refractivity contribution in [1.82, 2.24) is 0 Å². The second-order valence-electron chi connectivity index (χ2n) is 3.63. The average Bonchev–Trinajstić information content (AvgIpc) is 2.67. The smallest absolute Gasteiger partial charge is 0.343 e. The monoisotopic (exact) mass is 275 g/mol. The Balaban J connectivity index is 3.54. The summed E-state index contributed by atoms with van der Waals surface area (Å²) in [5.74, 6) is -0.242. The number of primary sulfonamides is 1. The van der Waals surface area contributed by atoms with Gasteiger partial charge in [-0.1, -0.05) is 13.8 Å². The van der Waals surface area contributed by atoms with E-state index in [2.05, 4.69) is 0 Å². The van der Waals surface area contributed by atoms with Crippen LogP contribution < -0.4 is 5.14 Å². The minimum absolute atomic E-state index is 0.0706. The Kier molecular flexibility index (Phi) is 4.53. The number of hydrogen-bond acceptors (Lipinski definition) is 5. The van der Waals surface area contributed by atoms with Crippen LogP contribution in [0.3, 0.4) is 0 Å². The molecule has 6 nitrogen and oxygen atoms in total. The molecule has 0 saturated carbocycles. The molecule has 0 spiro atoms. The van der Waals surface area contributed by atoms with Crippen LogP contribution in [0.2, 0.25) is 0 Å². The Morgan fingerprint density at radius 3 is 2.17 bits per heavy atom. The van der Waals surface area contributed by atoms with Gasteiger partial charge < -0.3 is 9.15 Å². The van der Waals surface area contributed by atoms with E-state index in [4.69, 9.17) is 14.3 Å². The lowest BCUT2D eigenvalue weighted by Gasteiger charge is -2.03. The zero-order valence-electron chi connectivity index (χ0n) is 10.6. The molecule has 0 amide bonds. The molecule has 0 aliphatic rings. The predicted octanol–water partition coefficient (Wildman–Crippen LogP) is 1.23. The van der Waals surface area contributed by atoms with Gasteiger partial charge in [0.05, 0.1) is 6.61 Å². The van der Waals surface area contributed by atoms with Gasteiger partial charge in [0, 0.05) is 12.8 Å². The lowest BCUT2D eigenvalue weighted by molar-refractivity contribution is 0.0520. The molecule has 1 heterocycles. The third-order valence-electron chi connectivity index (χ3n) is 2.41. The molecule has 0 fully saturated rings. The fraction of sp³-hybridized carbons (Fsp3) is 0.545. The number of furan rings is 1. The third kappa shape index (κ3) is 2.73. The Bertz CT molecular complexity index is 544. The number of aryl methyl sites for hydroxylation is 2. The summed E-state index contributed by atoms with van der Waals surface area (Å²) in [7, 11) is -4.02. The molecular formula is C11H17NO5S. The maximum Gasteiger partial charge on any atom is 0.343 e. The van der Waals surface area contributed by atoms with Gasteiger partial charge in [-0.25, -0.2) is 18.4 Å². The van der Waals surface area contributed by atoms with Crippen LogP contribution in [0, 0.1) is 0 Å². The second kappa shape index (κ2) is 5.53. The number of carbonyl (C=O) groups is 1. The van der Waals surface area contributed by atoms with Crippen LogP contribution in [0.25, 0.3) is 0 Å². The summed E-state index contributed by atoms with van der Waals surface area (Å²) in [6, 6.07) is 0. The van der Waals surface area contributed by atoms with Crippen LogP contribution in [0.5, 0.6) is 0 Å². The van der Waals surface area contributed by atoms with Crippen molar-refractivity contribution in [1.29, 1.82) is 0 Å². The van der Waals surface area contributed by atoms with E-state index in [1.54, 1.807) is 20.8 Å². The topological polar surface area (TPSA) is 99.6 Å². The number of ether oxygens (including phenoxy) is 1. The van der Waals surface area contributed by atoms with Gasteiger partial charge >= 0.3 is 5.97 Å². The minimum Gasteiger partial charge on any atom is -0.464 e. The quantitative estimate of drug-likeness (QED) is 0.815. The first kappa shape index (κ1) is 14.7. The highest BCUT2D eigenvalue weighted by atomic mass is 32.2. The average molecular weight is 275 g/mol. The van der Waals surface area contributed by atoms with Gasteiger partial charge in [0.15, 0.2) is 0 Å². The van der Waals surface area contributed by atoms with E-state index < -0.39 is 16.0 Å². The first-order valence-corrected chi connectivity index (χ1v) is 7.25. The molecule has 2 N–H and O–H groups in total. The van der Waals surface area contributed by atoms with Crippen LogP contribution >= 0.6 is 0 Å². The molecule has 18 heavy (non-hydrogen) atoms. The standard InChI is InChI=1S/C11H17NO5S/c1-4-7-9(11(13)16-6-3)10(18(12,14)15)8(5-2)17-7/h4-6H2,1-3H3,(H2,12,14,15). The van der Waals surface area contributed by atoms with Crippen LogP contribution in [0.1, 0.15) is 42.6 Å². The summed E-state index contributed by atoms with van der Waals surface area (Å²) < 4.78 is 33.4. The van der Waals surface area contributed by atoms with Crippen molar-refractivity contribution in [2.24, 2.45) is 5.14 Å². The van der Waals surface area contributed by atoms with E-state index in [9.17, 15) is 13.2 Å². The summed E-state index contributed by atoms with van der Waals surface area (Å²) in [5, 5.41) is 5.14. The molecule has 0 aliphatic carbocycles. The number of hydrogen-bond donors (Lipinski definition) is 1. The lowest BCUT2D eigenvalue weighted by atomic mass is 10.2. The molecule has 7 heteroatoms. The van der Waals surface area contributed by atoms with Crippen LogP contribution in [0.4, 0.5) is 0 Å². The van der Waals surface area contributed by atoms with E-state index in [1.807, 2.05) is 0 Å². The molecule has 0 radical (unpaired) electrons. The molecule has 0 atom stereocenters. The van der Waals surface area contributed by atoms with Gasteiger partial charge in [-0.2, -0.15) is 0 Å². The maximum absolute atomic E-state index is 11.8. The van der Waals surface area contributed by atoms with Gasteiger partial charge in [-0.3, -0.25) is 0 Å². The molecular weight excluding hydrogens is 258 g/mol. The Morgan fingerprint density at radius 1 is 1.22 bits per heavy atom. The number of nitrogens with two attached hydrogens (primary N) is 1. The molecule has 0 aliphatic heterocycles. The van der Waals surface area contributed by atoms with Crippen LogP contribution in [-0.2, 0) is 27.6 Å². The zero-order chi connectivity index (χ0) is 13.9. The van der Waals surface area contributed by atoms with Gasteiger partial charge in [0.1, 0.15) is 22.0 Å². The number of esters is 1. The van der Waals surface area contributed by atoms with Crippen molar-refractivity contribution >= 4 is 16.0 Å². The highest BCUT2D eigenvalue weighted by Crippen LogP contribution is 2.28. The predicted molar refractivity (Wildman–Crippen MR) is 64.8 cm³/mol. The molecule has 0 unspecified atom stereocenters.